The maximum Gasteiger partial charge on any atom is 0.356 e. The van der Waals surface area contributed by atoms with Gasteiger partial charge < -0.3 is 10.5 Å². The highest BCUT2D eigenvalue weighted by Gasteiger charge is 2.17. The fourth-order valence-electron chi connectivity index (χ4n) is 0.694. The summed E-state index contributed by atoms with van der Waals surface area (Å²) in [5, 5.41) is 11.6. The van der Waals surface area contributed by atoms with E-state index in [0.29, 0.717) is 13.2 Å². The zero-order chi connectivity index (χ0) is 9.90. The van der Waals surface area contributed by atoms with E-state index in [9.17, 15) is 0 Å². The number of hydrogen-bond acceptors (Lipinski definition) is 5. The average Bonchev–Trinajstić information content (AvgIpc) is 2.47. The van der Waals surface area contributed by atoms with Gasteiger partial charge in [0.05, 0.1) is 5.54 Å². The molecule has 0 atom stereocenters. The van der Waals surface area contributed by atoms with Gasteiger partial charge in [-0.15, -0.1) is 0 Å². The third kappa shape index (κ3) is 2.66. The first-order chi connectivity index (χ1) is 6.04. The zero-order valence-corrected chi connectivity index (χ0v) is 8.19. The first-order valence-electron chi connectivity index (χ1n) is 4.17. The Morgan fingerprint density at radius 1 is 1.46 bits per heavy atom. The first kappa shape index (κ1) is 9.91. The smallest absolute Gasteiger partial charge is 0.356 e. The van der Waals surface area contributed by atoms with E-state index in [1.807, 2.05) is 20.8 Å². The minimum absolute atomic E-state index is 0.169. The van der Waals surface area contributed by atoms with Crippen LogP contribution in [0.4, 0.5) is 0 Å². The van der Waals surface area contributed by atoms with Crippen molar-refractivity contribution in [3.05, 3.63) is 0 Å². The van der Waals surface area contributed by atoms with Crippen LogP contribution in [0.25, 0.3) is 0 Å². The Kier molecular flexibility index (Phi) is 2.82. The SMILES string of the molecule is CC(C)(C)n1nnc(OCCN)n1. The van der Waals surface area contributed by atoms with E-state index < -0.39 is 0 Å². The van der Waals surface area contributed by atoms with Crippen LogP contribution in [-0.4, -0.2) is 33.4 Å². The van der Waals surface area contributed by atoms with Crippen LogP contribution in [0.3, 0.4) is 0 Å². The maximum atomic E-state index is 5.26. The molecule has 6 heteroatoms. The highest BCUT2D eigenvalue weighted by molar-refractivity contribution is 4.84. The molecule has 1 rings (SSSR count). The lowest BCUT2D eigenvalue weighted by Crippen LogP contribution is -2.24. The van der Waals surface area contributed by atoms with E-state index in [4.69, 9.17) is 10.5 Å². The van der Waals surface area contributed by atoms with Crippen LogP contribution in [-0.2, 0) is 5.54 Å². The molecule has 0 spiro atoms. The number of rotatable bonds is 3. The summed E-state index contributed by atoms with van der Waals surface area (Å²) in [6.45, 7) is 6.82. The van der Waals surface area contributed by atoms with Gasteiger partial charge in [0.15, 0.2) is 0 Å². The Balaban J connectivity index is 2.64. The van der Waals surface area contributed by atoms with Crippen LogP contribution in [0.1, 0.15) is 20.8 Å². The highest BCUT2D eigenvalue weighted by atomic mass is 16.5. The topological polar surface area (TPSA) is 78.8 Å². The Labute approximate surface area is 77.1 Å². The van der Waals surface area contributed by atoms with Gasteiger partial charge in [-0.3, -0.25) is 0 Å². The van der Waals surface area contributed by atoms with E-state index in [2.05, 4.69) is 15.4 Å². The van der Waals surface area contributed by atoms with Crippen LogP contribution in [0, 0.1) is 0 Å². The summed E-state index contributed by atoms with van der Waals surface area (Å²) in [6.07, 6.45) is 0. The molecule has 0 amide bonds. The number of nitrogens with zero attached hydrogens (tertiary/aromatic N) is 4. The molecule has 74 valence electrons. The molecule has 13 heavy (non-hydrogen) atoms. The summed E-state index contributed by atoms with van der Waals surface area (Å²) < 4.78 is 5.10. The maximum absolute atomic E-state index is 5.26. The molecule has 0 saturated heterocycles. The first-order valence-corrected chi connectivity index (χ1v) is 4.17. The molecular formula is C7H15N5O. The molecule has 2 N–H and O–H groups in total. The predicted molar refractivity (Wildman–Crippen MR) is 47.4 cm³/mol. The summed E-state index contributed by atoms with van der Waals surface area (Å²) >= 11 is 0. The van der Waals surface area contributed by atoms with Gasteiger partial charge in [-0.2, -0.15) is 4.80 Å². The largest absolute Gasteiger partial charge is 0.460 e. The van der Waals surface area contributed by atoms with Crippen molar-refractivity contribution in [3.8, 4) is 6.01 Å². The van der Waals surface area contributed by atoms with E-state index in [0.717, 1.165) is 0 Å². The lowest BCUT2D eigenvalue weighted by atomic mass is 10.1. The predicted octanol–water partition coefficient (Wildman–Crippen LogP) is -0.234. The monoisotopic (exact) mass is 185 g/mol. The highest BCUT2D eigenvalue weighted by Crippen LogP contribution is 2.10. The van der Waals surface area contributed by atoms with Gasteiger partial charge in [-0.05, 0) is 26.0 Å². The molecule has 0 radical (unpaired) electrons. The normalized spacial score (nSPS) is 11.7. The van der Waals surface area contributed by atoms with Crippen molar-refractivity contribution in [1.29, 1.82) is 0 Å². The molecule has 0 aliphatic rings. The Morgan fingerprint density at radius 2 is 2.15 bits per heavy atom. The van der Waals surface area contributed by atoms with E-state index in [1.165, 1.54) is 4.80 Å². The third-order valence-corrected chi connectivity index (χ3v) is 1.34. The molecule has 0 aromatic carbocycles. The van der Waals surface area contributed by atoms with Gasteiger partial charge in [-0.25, -0.2) is 0 Å². The molecule has 1 aromatic rings. The van der Waals surface area contributed by atoms with Crippen LogP contribution in [0.2, 0.25) is 0 Å². The minimum Gasteiger partial charge on any atom is -0.460 e. The lowest BCUT2D eigenvalue weighted by molar-refractivity contribution is 0.279. The summed E-state index contributed by atoms with van der Waals surface area (Å²) in [6, 6.07) is 0.278. The molecule has 0 aliphatic heterocycles. The minimum atomic E-state index is -0.169. The van der Waals surface area contributed by atoms with E-state index in [-0.39, 0.29) is 11.5 Å². The molecule has 6 nitrogen and oxygen atoms in total. The van der Waals surface area contributed by atoms with Crippen LogP contribution >= 0.6 is 0 Å². The molecule has 0 unspecified atom stereocenters. The lowest BCUT2D eigenvalue weighted by Gasteiger charge is -2.14. The fraction of sp³-hybridized carbons (Fsp3) is 0.857. The fourth-order valence-corrected chi connectivity index (χ4v) is 0.694. The second-order valence-corrected chi connectivity index (χ2v) is 3.67. The second-order valence-electron chi connectivity index (χ2n) is 3.67. The number of aromatic nitrogens is 4. The van der Waals surface area contributed by atoms with Gasteiger partial charge in [0.1, 0.15) is 6.61 Å². The van der Waals surface area contributed by atoms with E-state index >= 15 is 0 Å². The molecule has 0 aliphatic carbocycles. The number of hydrogen-bond donors (Lipinski definition) is 1. The second kappa shape index (κ2) is 3.69. The number of ether oxygens (including phenoxy) is 1. The van der Waals surface area contributed by atoms with Gasteiger partial charge in [0.2, 0.25) is 0 Å². The molecular weight excluding hydrogens is 170 g/mol. The van der Waals surface area contributed by atoms with Crippen molar-refractivity contribution in [3.63, 3.8) is 0 Å². The van der Waals surface area contributed by atoms with E-state index in [1.54, 1.807) is 0 Å². The van der Waals surface area contributed by atoms with Crippen LogP contribution in [0.15, 0.2) is 0 Å². The molecule has 1 aromatic heterocycles. The summed E-state index contributed by atoms with van der Waals surface area (Å²) in [7, 11) is 0. The number of nitrogens with two attached hydrogens (primary N) is 1. The van der Waals surface area contributed by atoms with Gasteiger partial charge in [-0.1, -0.05) is 10.2 Å². The van der Waals surface area contributed by atoms with Crippen LogP contribution < -0.4 is 10.5 Å². The Bertz CT molecular complexity index is 264. The Morgan fingerprint density at radius 3 is 2.62 bits per heavy atom. The van der Waals surface area contributed by atoms with Crippen LogP contribution in [0.5, 0.6) is 6.01 Å². The standard InChI is InChI=1S/C7H15N5O/c1-7(2,3)12-10-6(9-11-12)13-5-4-8/h4-5,8H2,1-3H3. The van der Waals surface area contributed by atoms with Gasteiger partial charge >= 0.3 is 6.01 Å². The van der Waals surface area contributed by atoms with Gasteiger partial charge in [0, 0.05) is 6.54 Å². The third-order valence-electron chi connectivity index (χ3n) is 1.34. The Hall–Kier alpha value is -1.17. The summed E-state index contributed by atoms with van der Waals surface area (Å²) in [5.41, 5.74) is 5.09. The van der Waals surface area contributed by atoms with Crippen molar-refractivity contribution >= 4 is 0 Å². The molecule has 0 fully saturated rings. The average molecular weight is 185 g/mol. The van der Waals surface area contributed by atoms with Crippen molar-refractivity contribution in [2.75, 3.05) is 13.2 Å². The van der Waals surface area contributed by atoms with Crippen molar-refractivity contribution in [2.24, 2.45) is 5.73 Å². The van der Waals surface area contributed by atoms with Crippen molar-refractivity contribution in [1.82, 2.24) is 20.2 Å². The molecule has 0 bridgehead atoms. The van der Waals surface area contributed by atoms with Crippen molar-refractivity contribution in [2.45, 2.75) is 26.3 Å². The molecule has 1 heterocycles. The summed E-state index contributed by atoms with van der Waals surface area (Å²) in [4.78, 5) is 1.51. The zero-order valence-electron chi connectivity index (χ0n) is 8.19. The quantitative estimate of drug-likeness (QED) is 0.703. The van der Waals surface area contributed by atoms with Gasteiger partial charge in [0.25, 0.3) is 0 Å². The summed E-state index contributed by atoms with van der Waals surface area (Å²) in [5.74, 6) is 0. The van der Waals surface area contributed by atoms with Crippen molar-refractivity contribution < 1.29 is 4.74 Å². The molecule has 0 saturated carbocycles. The number of tetrazole rings is 1.